The molecule has 0 aliphatic heterocycles. The summed E-state index contributed by atoms with van der Waals surface area (Å²) in [6.07, 6.45) is 0. The van der Waals surface area contributed by atoms with Crippen molar-refractivity contribution in [1.82, 2.24) is 0 Å². The summed E-state index contributed by atoms with van der Waals surface area (Å²) < 4.78 is 19.6. The highest BCUT2D eigenvalue weighted by molar-refractivity contribution is 6.36. The first kappa shape index (κ1) is 18.8. The largest absolute Gasteiger partial charge is 0.488 e. The van der Waals surface area contributed by atoms with Gasteiger partial charge in [0.25, 0.3) is 0 Å². The molecule has 2 nitrogen and oxygen atoms in total. The van der Waals surface area contributed by atoms with Gasteiger partial charge in [-0.3, -0.25) is 0 Å². The third-order valence-corrected chi connectivity index (χ3v) is 4.55. The van der Waals surface area contributed by atoms with Gasteiger partial charge in [0.15, 0.2) is 0 Å². The Kier molecular flexibility index (Phi) is 6.25. The van der Waals surface area contributed by atoms with E-state index in [1.807, 2.05) is 0 Å². The summed E-state index contributed by atoms with van der Waals surface area (Å²) in [5.41, 5.74) is 2.07. The number of hydrogen-bond acceptors (Lipinski definition) is 2. The molecule has 0 bridgehead atoms. The third kappa shape index (κ3) is 4.82. The molecular formula is C20H15Cl3FNO. The molecule has 1 N–H and O–H groups in total. The zero-order valence-electron chi connectivity index (χ0n) is 13.6. The van der Waals surface area contributed by atoms with Gasteiger partial charge in [0.2, 0.25) is 0 Å². The minimum atomic E-state index is -0.297. The Balaban J connectivity index is 1.74. The summed E-state index contributed by atoms with van der Waals surface area (Å²) in [7, 11) is 0. The zero-order chi connectivity index (χ0) is 18.5. The van der Waals surface area contributed by atoms with Crippen LogP contribution >= 0.6 is 34.8 Å². The van der Waals surface area contributed by atoms with Crippen molar-refractivity contribution in [3.8, 4) is 5.75 Å². The summed E-state index contributed by atoms with van der Waals surface area (Å²) >= 11 is 18.2. The normalized spacial score (nSPS) is 10.6. The van der Waals surface area contributed by atoms with Gasteiger partial charge in [0, 0.05) is 27.7 Å². The Morgan fingerprint density at radius 2 is 1.58 bits per heavy atom. The van der Waals surface area contributed by atoms with E-state index in [0.717, 1.165) is 11.3 Å². The van der Waals surface area contributed by atoms with Crippen molar-refractivity contribution in [2.75, 3.05) is 5.32 Å². The number of anilines is 1. The molecular weight excluding hydrogens is 396 g/mol. The molecule has 3 rings (SSSR count). The van der Waals surface area contributed by atoms with Crippen LogP contribution in [-0.2, 0) is 13.2 Å². The van der Waals surface area contributed by atoms with Crippen LogP contribution in [0.4, 0.5) is 10.1 Å². The maximum absolute atomic E-state index is 13.8. The third-order valence-electron chi connectivity index (χ3n) is 3.76. The van der Waals surface area contributed by atoms with Gasteiger partial charge in [-0.15, -0.1) is 0 Å². The van der Waals surface area contributed by atoms with Crippen LogP contribution in [0, 0.1) is 5.82 Å². The van der Waals surface area contributed by atoms with Crippen molar-refractivity contribution in [2.24, 2.45) is 0 Å². The zero-order valence-corrected chi connectivity index (χ0v) is 15.9. The van der Waals surface area contributed by atoms with E-state index < -0.39 is 0 Å². The second kappa shape index (κ2) is 8.63. The Morgan fingerprint density at radius 3 is 2.35 bits per heavy atom. The minimum absolute atomic E-state index is 0.128. The molecule has 0 aromatic heterocycles. The molecule has 0 heterocycles. The summed E-state index contributed by atoms with van der Waals surface area (Å²) in [6, 6.07) is 17.0. The molecule has 0 saturated carbocycles. The van der Waals surface area contributed by atoms with Gasteiger partial charge in [-0.25, -0.2) is 4.39 Å². The highest BCUT2D eigenvalue weighted by atomic mass is 35.5. The smallest absolute Gasteiger partial charge is 0.129 e. The van der Waals surface area contributed by atoms with E-state index in [-0.39, 0.29) is 12.4 Å². The Hall–Kier alpha value is -1.94. The highest BCUT2D eigenvalue weighted by Gasteiger charge is 2.09. The average Bonchev–Trinajstić information content (AvgIpc) is 2.61. The van der Waals surface area contributed by atoms with Gasteiger partial charge in [-0.2, -0.15) is 0 Å². The van der Waals surface area contributed by atoms with Crippen molar-refractivity contribution < 1.29 is 9.13 Å². The fourth-order valence-electron chi connectivity index (χ4n) is 2.42. The number of nitrogens with one attached hydrogen (secondary N) is 1. The topological polar surface area (TPSA) is 21.3 Å². The molecule has 0 atom stereocenters. The Morgan fingerprint density at radius 1 is 0.846 bits per heavy atom. The SMILES string of the molecule is Fc1ccccc1COc1ccc(Cl)cc1CNc1ccc(Cl)cc1Cl. The molecule has 134 valence electrons. The van der Waals surface area contributed by atoms with Crippen molar-refractivity contribution in [1.29, 1.82) is 0 Å². The molecule has 0 saturated heterocycles. The standard InChI is InChI=1S/C20H15Cl3FNO/c21-15-6-8-20(26-12-13-3-1-2-4-18(13)24)14(9-15)11-25-19-7-5-16(22)10-17(19)23/h1-10,25H,11-12H2. The lowest BCUT2D eigenvalue weighted by Gasteiger charge is -2.14. The molecule has 0 radical (unpaired) electrons. The second-order valence-electron chi connectivity index (χ2n) is 5.61. The van der Waals surface area contributed by atoms with E-state index in [2.05, 4.69) is 5.32 Å². The molecule has 0 aliphatic rings. The van der Waals surface area contributed by atoms with Gasteiger partial charge < -0.3 is 10.1 Å². The molecule has 0 aliphatic carbocycles. The van der Waals surface area contributed by atoms with Crippen LogP contribution in [0.15, 0.2) is 60.7 Å². The van der Waals surface area contributed by atoms with E-state index in [1.165, 1.54) is 6.07 Å². The number of hydrogen-bond donors (Lipinski definition) is 1. The van der Waals surface area contributed by atoms with Crippen LogP contribution in [-0.4, -0.2) is 0 Å². The first-order valence-electron chi connectivity index (χ1n) is 7.86. The first-order chi connectivity index (χ1) is 12.5. The summed E-state index contributed by atoms with van der Waals surface area (Å²) in [4.78, 5) is 0. The lowest BCUT2D eigenvalue weighted by atomic mass is 10.2. The lowest BCUT2D eigenvalue weighted by molar-refractivity contribution is 0.297. The van der Waals surface area contributed by atoms with Crippen LogP contribution in [0.3, 0.4) is 0 Å². The van der Waals surface area contributed by atoms with Crippen molar-refractivity contribution >= 4 is 40.5 Å². The molecule has 0 spiro atoms. The highest BCUT2D eigenvalue weighted by Crippen LogP contribution is 2.28. The van der Waals surface area contributed by atoms with Crippen LogP contribution in [0.2, 0.25) is 15.1 Å². The monoisotopic (exact) mass is 409 g/mol. The Bertz CT molecular complexity index is 917. The summed E-state index contributed by atoms with van der Waals surface area (Å²) in [5, 5.41) is 4.90. The van der Waals surface area contributed by atoms with Gasteiger partial charge >= 0.3 is 0 Å². The summed E-state index contributed by atoms with van der Waals surface area (Å²) in [6.45, 7) is 0.567. The number of halogens is 4. The van der Waals surface area contributed by atoms with Crippen molar-refractivity contribution in [2.45, 2.75) is 13.2 Å². The Labute approximate surface area is 166 Å². The van der Waals surface area contributed by atoms with E-state index in [1.54, 1.807) is 54.6 Å². The maximum Gasteiger partial charge on any atom is 0.129 e. The second-order valence-corrected chi connectivity index (χ2v) is 6.89. The molecule has 3 aromatic rings. The molecule has 0 fully saturated rings. The predicted octanol–water partition coefficient (Wildman–Crippen LogP) is 6.98. The van der Waals surface area contributed by atoms with E-state index in [4.69, 9.17) is 39.5 Å². The van der Waals surface area contributed by atoms with E-state index in [0.29, 0.717) is 32.9 Å². The fraction of sp³-hybridized carbons (Fsp3) is 0.100. The predicted molar refractivity (Wildman–Crippen MR) is 106 cm³/mol. The molecule has 0 amide bonds. The fourth-order valence-corrected chi connectivity index (χ4v) is 3.09. The molecule has 3 aromatic carbocycles. The van der Waals surface area contributed by atoms with Crippen LogP contribution in [0.1, 0.15) is 11.1 Å². The number of benzene rings is 3. The number of rotatable bonds is 6. The van der Waals surface area contributed by atoms with Crippen molar-refractivity contribution in [3.63, 3.8) is 0 Å². The summed E-state index contributed by atoms with van der Waals surface area (Å²) in [5.74, 6) is 0.323. The van der Waals surface area contributed by atoms with Crippen molar-refractivity contribution in [3.05, 3.63) is 92.7 Å². The minimum Gasteiger partial charge on any atom is -0.488 e. The van der Waals surface area contributed by atoms with Gasteiger partial charge in [-0.1, -0.05) is 53.0 Å². The number of ether oxygens (including phenoxy) is 1. The van der Waals surface area contributed by atoms with Crippen LogP contribution in [0.5, 0.6) is 5.75 Å². The quantitative estimate of drug-likeness (QED) is 0.473. The first-order valence-corrected chi connectivity index (χ1v) is 9.00. The van der Waals surface area contributed by atoms with Crippen LogP contribution in [0.25, 0.3) is 0 Å². The average molecular weight is 411 g/mol. The van der Waals surface area contributed by atoms with E-state index >= 15 is 0 Å². The van der Waals surface area contributed by atoms with Gasteiger partial charge in [0.05, 0.1) is 10.7 Å². The van der Waals surface area contributed by atoms with Crippen LogP contribution < -0.4 is 10.1 Å². The maximum atomic E-state index is 13.8. The van der Waals surface area contributed by atoms with E-state index in [9.17, 15) is 4.39 Å². The molecule has 6 heteroatoms. The molecule has 26 heavy (non-hydrogen) atoms. The lowest BCUT2D eigenvalue weighted by Crippen LogP contribution is -2.05. The van der Waals surface area contributed by atoms with Gasteiger partial charge in [0.1, 0.15) is 18.2 Å². The van der Waals surface area contributed by atoms with Gasteiger partial charge in [-0.05, 0) is 42.5 Å². The molecule has 0 unspecified atom stereocenters.